The van der Waals surface area contributed by atoms with Crippen LogP contribution in [0.2, 0.25) is 5.02 Å². The van der Waals surface area contributed by atoms with E-state index in [1.54, 1.807) is 0 Å². The van der Waals surface area contributed by atoms with Gasteiger partial charge in [0.2, 0.25) is 5.91 Å². The Morgan fingerprint density at radius 2 is 2.04 bits per heavy atom. The van der Waals surface area contributed by atoms with Crippen LogP contribution in [0, 0.1) is 5.92 Å². The van der Waals surface area contributed by atoms with Crippen molar-refractivity contribution in [3.63, 3.8) is 0 Å². The first kappa shape index (κ1) is 19.8. The summed E-state index contributed by atoms with van der Waals surface area (Å²) in [6, 6.07) is 0.889. The molecule has 5 nitrogen and oxygen atoms in total. The predicted molar refractivity (Wildman–Crippen MR) is 90.5 cm³/mol. The van der Waals surface area contributed by atoms with E-state index in [0.29, 0.717) is 44.8 Å². The van der Waals surface area contributed by atoms with Gasteiger partial charge in [0.05, 0.1) is 10.6 Å². The van der Waals surface area contributed by atoms with Crippen molar-refractivity contribution in [3.8, 4) is 0 Å². The number of carbonyl (C=O) groups excluding carboxylic acids is 1. The average molecular weight is 379 g/mol. The van der Waals surface area contributed by atoms with Crippen LogP contribution < -0.4 is 16.0 Å². The molecule has 0 atom stereocenters. The van der Waals surface area contributed by atoms with Gasteiger partial charge in [-0.3, -0.25) is 4.79 Å². The highest BCUT2D eigenvalue weighted by molar-refractivity contribution is 6.33. The maximum Gasteiger partial charge on any atom is 0.417 e. The van der Waals surface area contributed by atoms with Crippen LogP contribution in [-0.4, -0.2) is 37.1 Å². The van der Waals surface area contributed by atoms with Crippen LogP contribution in [0.3, 0.4) is 0 Å². The Kier molecular flexibility index (Phi) is 6.89. The molecule has 0 bridgehead atoms. The Labute approximate surface area is 149 Å². The van der Waals surface area contributed by atoms with Crippen LogP contribution in [0.15, 0.2) is 12.3 Å². The van der Waals surface area contributed by atoms with Gasteiger partial charge in [0.25, 0.3) is 0 Å². The quantitative estimate of drug-likeness (QED) is 0.747. The topological polar surface area (TPSA) is 71.2 Å². The molecule has 3 N–H and O–H groups in total. The number of hydrogen-bond acceptors (Lipinski definition) is 4. The summed E-state index contributed by atoms with van der Waals surface area (Å²) in [4.78, 5) is 17.8. The lowest BCUT2D eigenvalue weighted by molar-refractivity contribution is -0.137. The van der Waals surface area contributed by atoms with Crippen molar-refractivity contribution in [3.05, 3.63) is 22.8 Å². The highest BCUT2D eigenvalue weighted by Gasteiger charge is 2.32. The standard InChI is InChI=1S/C16H22ClF3N4O/c17-13-9-12(16(18,19)20)10-23-14(13)24-7-3-11(4-8-24)15(25)22-6-2-1-5-21/h9-11H,1-8,21H2,(H,22,25). The van der Waals surface area contributed by atoms with Gasteiger partial charge in [-0.2, -0.15) is 13.2 Å². The number of pyridine rings is 1. The number of amides is 1. The molecule has 2 rings (SSSR count). The van der Waals surface area contributed by atoms with E-state index in [-0.39, 0.29) is 16.8 Å². The summed E-state index contributed by atoms with van der Waals surface area (Å²) in [6.07, 6.45) is -0.728. The van der Waals surface area contributed by atoms with E-state index >= 15 is 0 Å². The number of rotatable bonds is 6. The van der Waals surface area contributed by atoms with Gasteiger partial charge in [-0.15, -0.1) is 0 Å². The fourth-order valence-electron chi connectivity index (χ4n) is 2.80. The molecule has 1 amide bonds. The Hall–Kier alpha value is -1.54. The molecule has 0 saturated carbocycles. The smallest absolute Gasteiger partial charge is 0.356 e. The molecule has 1 aromatic rings. The van der Waals surface area contributed by atoms with Gasteiger partial charge < -0.3 is 16.0 Å². The summed E-state index contributed by atoms with van der Waals surface area (Å²) in [5.74, 6) is 0.252. The minimum atomic E-state index is -4.47. The molecule has 1 saturated heterocycles. The molecule has 1 aromatic heterocycles. The number of piperidine rings is 1. The highest BCUT2D eigenvalue weighted by Crippen LogP contribution is 2.34. The van der Waals surface area contributed by atoms with Gasteiger partial charge in [-0.25, -0.2) is 4.98 Å². The number of halogens is 4. The number of unbranched alkanes of at least 4 members (excludes halogenated alkanes) is 1. The lowest BCUT2D eigenvalue weighted by atomic mass is 9.96. The fraction of sp³-hybridized carbons (Fsp3) is 0.625. The van der Waals surface area contributed by atoms with E-state index in [1.165, 1.54) is 0 Å². The van der Waals surface area contributed by atoms with Crippen molar-refractivity contribution < 1.29 is 18.0 Å². The van der Waals surface area contributed by atoms with E-state index in [2.05, 4.69) is 10.3 Å². The van der Waals surface area contributed by atoms with Crippen molar-refractivity contribution >= 4 is 23.3 Å². The molecule has 25 heavy (non-hydrogen) atoms. The van der Waals surface area contributed by atoms with Crippen molar-refractivity contribution in [2.24, 2.45) is 11.7 Å². The van der Waals surface area contributed by atoms with E-state index in [9.17, 15) is 18.0 Å². The number of nitrogens with one attached hydrogen (secondary N) is 1. The van der Waals surface area contributed by atoms with Gasteiger partial charge in [0, 0.05) is 31.7 Å². The number of aromatic nitrogens is 1. The third kappa shape index (κ3) is 5.47. The number of nitrogens with zero attached hydrogens (tertiary/aromatic N) is 2. The van der Waals surface area contributed by atoms with Gasteiger partial charge in [-0.1, -0.05) is 11.6 Å². The lowest BCUT2D eigenvalue weighted by Gasteiger charge is -2.32. The normalized spacial score (nSPS) is 16.1. The number of nitrogens with two attached hydrogens (primary N) is 1. The van der Waals surface area contributed by atoms with E-state index in [4.69, 9.17) is 17.3 Å². The first-order valence-corrected chi connectivity index (χ1v) is 8.66. The van der Waals surface area contributed by atoms with Crippen LogP contribution in [0.4, 0.5) is 19.0 Å². The summed E-state index contributed by atoms with van der Waals surface area (Å²) in [5.41, 5.74) is 4.54. The zero-order valence-electron chi connectivity index (χ0n) is 13.8. The summed E-state index contributed by atoms with van der Waals surface area (Å²) in [6.45, 7) is 2.27. The van der Waals surface area contributed by atoms with Crippen molar-refractivity contribution in [1.29, 1.82) is 0 Å². The van der Waals surface area contributed by atoms with Gasteiger partial charge in [0.15, 0.2) is 0 Å². The van der Waals surface area contributed by atoms with Gasteiger partial charge in [-0.05, 0) is 38.3 Å². The molecule has 0 unspecified atom stereocenters. The molecule has 1 aliphatic rings. The van der Waals surface area contributed by atoms with E-state index in [0.717, 1.165) is 25.1 Å². The lowest BCUT2D eigenvalue weighted by Crippen LogP contribution is -2.41. The predicted octanol–water partition coefficient (Wildman–Crippen LogP) is 2.83. The van der Waals surface area contributed by atoms with Crippen LogP contribution in [0.25, 0.3) is 0 Å². The molecule has 9 heteroatoms. The number of alkyl halides is 3. The molecule has 1 fully saturated rings. The summed E-state index contributed by atoms with van der Waals surface area (Å²) < 4.78 is 38.0. The SMILES string of the molecule is NCCCCNC(=O)C1CCN(c2ncc(C(F)(F)F)cc2Cl)CC1. The molecular weight excluding hydrogens is 357 g/mol. The first-order chi connectivity index (χ1) is 11.8. The second-order valence-electron chi connectivity index (χ2n) is 6.08. The molecular formula is C16H22ClF3N4O. The Bertz CT molecular complexity index is 589. The fourth-order valence-corrected chi connectivity index (χ4v) is 3.08. The molecule has 140 valence electrons. The largest absolute Gasteiger partial charge is 0.417 e. The third-order valence-electron chi connectivity index (χ3n) is 4.24. The number of hydrogen-bond donors (Lipinski definition) is 2. The summed E-state index contributed by atoms with van der Waals surface area (Å²) in [5, 5.41) is 2.87. The molecule has 2 heterocycles. The third-order valence-corrected chi connectivity index (χ3v) is 4.52. The molecule has 1 aliphatic heterocycles. The Morgan fingerprint density at radius 1 is 1.36 bits per heavy atom. The molecule has 0 aromatic carbocycles. The highest BCUT2D eigenvalue weighted by atomic mass is 35.5. The molecule has 0 radical (unpaired) electrons. The summed E-state index contributed by atoms with van der Waals surface area (Å²) >= 11 is 5.97. The van der Waals surface area contributed by atoms with Crippen LogP contribution in [-0.2, 0) is 11.0 Å². The van der Waals surface area contributed by atoms with Crippen molar-refractivity contribution in [2.75, 3.05) is 31.1 Å². The average Bonchev–Trinajstić information content (AvgIpc) is 2.58. The van der Waals surface area contributed by atoms with Crippen LogP contribution >= 0.6 is 11.6 Å². The number of carbonyl (C=O) groups is 1. The second-order valence-corrected chi connectivity index (χ2v) is 6.48. The summed E-state index contributed by atoms with van der Waals surface area (Å²) in [7, 11) is 0. The zero-order valence-corrected chi connectivity index (χ0v) is 14.5. The minimum absolute atomic E-state index is 0.0168. The van der Waals surface area contributed by atoms with Crippen LogP contribution in [0.1, 0.15) is 31.2 Å². The van der Waals surface area contributed by atoms with E-state index in [1.807, 2.05) is 4.90 Å². The van der Waals surface area contributed by atoms with Gasteiger partial charge in [0.1, 0.15) is 5.82 Å². The monoisotopic (exact) mass is 378 g/mol. The second kappa shape index (κ2) is 8.71. The molecule has 0 spiro atoms. The van der Waals surface area contributed by atoms with Crippen molar-refractivity contribution in [1.82, 2.24) is 10.3 Å². The zero-order chi connectivity index (χ0) is 18.4. The number of anilines is 1. The van der Waals surface area contributed by atoms with E-state index < -0.39 is 11.7 Å². The maximum absolute atomic E-state index is 12.7. The van der Waals surface area contributed by atoms with Crippen molar-refractivity contribution in [2.45, 2.75) is 31.9 Å². The maximum atomic E-state index is 12.7. The minimum Gasteiger partial charge on any atom is -0.356 e. The van der Waals surface area contributed by atoms with Gasteiger partial charge >= 0.3 is 6.18 Å². The Morgan fingerprint density at radius 3 is 2.60 bits per heavy atom. The molecule has 0 aliphatic carbocycles. The van der Waals surface area contributed by atoms with Crippen LogP contribution in [0.5, 0.6) is 0 Å². The Balaban J connectivity index is 1.88. The first-order valence-electron chi connectivity index (χ1n) is 8.28.